The van der Waals surface area contributed by atoms with Gasteiger partial charge in [-0.2, -0.15) is 13.2 Å². The summed E-state index contributed by atoms with van der Waals surface area (Å²) in [6.07, 6.45) is -1.76. The second-order valence-electron chi connectivity index (χ2n) is 3.40. The second kappa shape index (κ2) is 10.2. The van der Waals surface area contributed by atoms with Crippen LogP contribution in [0.4, 0.5) is 13.2 Å². The highest BCUT2D eigenvalue weighted by Gasteiger charge is 2.28. The van der Waals surface area contributed by atoms with Gasteiger partial charge in [0, 0.05) is 6.20 Å². The molecule has 0 saturated heterocycles. The fraction of sp³-hybridized carbons (Fsp3) is 0.500. The van der Waals surface area contributed by atoms with Gasteiger partial charge in [0.2, 0.25) is 6.41 Å². The first-order valence-electron chi connectivity index (χ1n) is 5.66. The van der Waals surface area contributed by atoms with E-state index in [1.54, 1.807) is 19.2 Å². The number of alkyl halides is 3. The Labute approximate surface area is 110 Å². The van der Waals surface area contributed by atoms with Gasteiger partial charge in [-0.25, -0.2) is 0 Å². The van der Waals surface area contributed by atoms with Crippen LogP contribution in [0.2, 0.25) is 0 Å². The van der Waals surface area contributed by atoms with Crippen molar-refractivity contribution in [1.29, 1.82) is 0 Å². The molecule has 0 aliphatic heterocycles. The van der Waals surface area contributed by atoms with Gasteiger partial charge in [0.15, 0.2) is 0 Å². The van der Waals surface area contributed by atoms with Gasteiger partial charge in [0.1, 0.15) is 6.54 Å². The highest BCUT2D eigenvalue weighted by atomic mass is 19.4. The summed E-state index contributed by atoms with van der Waals surface area (Å²) < 4.78 is 35.6. The molecule has 0 rings (SSSR count). The molecular weight excluding hydrogens is 261 g/mol. The van der Waals surface area contributed by atoms with Crippen molar-refractivity contribution in [1.82, 2.24) is 10.6 Å². The summed E-state index contributed by atoms with van der Waals surface area (Å²) in [5, 5.41) is 3.81. The van der Waals surface area contributed by atoms with Gasteiger partial charge < -0.3 is 10.6 Å². The minimum absolute atomic E-state index is 0.0543. The van der Waals surface area contributed by atoms with E-state index in [1.165, 1.54) is 6.08 Å². The maximum Gasteiger partial charge on any atom is 0.405 e. The Kier molecular flexibility index (Phi) is 10.5. The molecule has 0 saturated carbocycles. The van der Waals surface area contributed by atoms with Crippen molar-refractivity contribution in [2.75, 3.05) is 6.54 Å². The summed E-state index contributed by atoms with van der Waals surface area (Å²) in [4.78, 5) is 21.4. The van der Waals surface area contributed by atoms with Gasteiger partial charge in [-0.3, -0.25) is 9.59 Å². The number of rotatable bonds is 5. The van der Waals surface area contributed by atoms with Crippen LogP contribution in [0.25, 0.3) is 0 Å². The number of amides is 2. The zero-order valence-electron chi connectivity index (χ0n) is 11.4. The third-order valence-electron chi connectivity index (χ3n) is 1.46. The van der Waals surface area contributed by atoms with Gasteiger partial charge >= 0.3 is 6.18 Å². The second-order valence-corrected chi connectivity index (χ2v) is 3.40. The molecule has 4 nitrogen and oxygen atoms in total. The molecule has 0 unspecified atom stereocenters. The van der Waals surface area contributed by atoms with Crippen molar-refractivity contribution in [3.8, 4) is 0 Å². The van der Waals surface area contributed by atoms with Crippen LogP contribution >= 0.6 is 0 Å². The number of halogens is 3. The molecule has 0 radical (unpaired) electrons. The Morgan fingerprint density at radius 2 is 1.74 bits per heavy atom. The van der Waals surface area contributed by atoms with E-state index in [-0.39, 0.29) is 5.57 Å². The molecule has 110 valence electrons. The van der Waals surface area contributed by atoms with E-state index in [0.717, 1.165) is 6.20 Å². The average Bonchev–Trinajstić information content (AvgIpc) is 2.32. The highest BCUT2D eigenvalue weighted by molar-refractivity contribution is 5.96. The summed E-state index contributed by atoms with van der Waals surface area (Å²) in [6.45, 7) is 5.93. The van der Waals surface area contributed by atoms with Crippen LogP contribution in [0, 0.1) is 0 Å². The smallest absolute Gasteiger partial charge is 0.343 e. The van der Waals surface area contributed by atoms with Crippen LogP contribution in [0.5, 0.6) is 0 Å². The van der Waals surface area contributed by atoms with Crippen LogP contribution in [-0.4, -0.2) is 25.0 Å². The SMILES string of the molecule is CC.CC(C)=C/C(=C\NC=O)C(=O)NCC(F)(F)F. The van der Waals surface area contributed by atoms with Crippen molar-refractivity contribution >= 4 is 12.3 Å². The topological polar surface area (TPSA) is 58.2 Å². The van der Waals surface area contributed by atoms with Crippen LogP contribution in [0.3, 0.4) is 0 Å². The Balaban J connectivity index is 0. The molecule has 0 atom stereocenters. The number of hydrogen-bond donors (Lipinski definition) is 2. The Morgan fingerprint density at radius 3 is 2.11 bits per heavy atom. The molecule has 0 aromatic rings. The highest BCUT2D eigenvalue weighted by Crippen LogP contribution is 2.12. The molecule has 0 bridgehead atoms. The van der Waals surface area contributed by atoms with E-state index in [1.807, 2.05) is 13.8 Å². The standard InChI is InChI=1S/C10H13F3N2O2.C2H6/c1-7(2)3-8(4-14-6-16)9(17)15-5-10(11,12)13;1-2/h3-4,6H,5H2,1-2H3,(H,14,16)(H,15,17);1-2H3/b8-4+;. The molecular formula is C12H19F3N2O2. The lowest BCUT2D eigenvalue weighted by Crippen LogP contribution is -2.34. The molecule has 2 amide bonds. The monoisotopic (exact) mass is 280 g/mol. The fourth-order valence-corrected chi connectivity index (χ4v) is 0.890. The Bertz CT molecular complexity index is 343. The number of allylic oxidation sites excluding steroid dienone is 1. The largest absolute Gasteiger partial charge is 0.405 e. The summed E-state index contributed by atoms with van der Waals surface area (Å²) >= 11 is 0. The molecule has 0 spiro atoms. The third-order valence-corrected chi connectivity index (χ3v) is 1.46. The lowest BCUT2D eigenvalue weighted by atomic mass is 10.2. The zero-order valence-corrected chi connectivity index (χ0v) is 11.4. The minimum atomic E-state index is -4.47. The molecule has 0 heterocycles. The molecule has 0 aliphatic carbocycles. The Hall–Kier alpha value is -1.79. The van der Waals surface area contributed by atoms with Crippen molar-refractivity contribution in [2.45, 2.75) is 33.9 Å². The van der Waals surface area contributed by atoms with E-state index in [2.05, 4.69) is 5.32 Å². The summed E-state index contributed by atoms with van der Waals surface area (Å²) in [5.74, 6) is -0.905. The average molecular weight is 280 g/mol. The van der Waals surface area contributed by atoms with Crippen molar-refractivity contribution in [3.05, 3.63) is 23.4 Å². The maximum atomic E-state index is 11.9. The first-order valence-corrected chi connectivity index (χ1v) is 5.66. The molecule has 7 heteroatoms. The fourth-order valence-electron chi connectivity index (χ4n) is 0.890. The molecule has 0 aromatic heterocycles. The van der Waals surface area contributed by atoms with Crippen molar-refractivity contribution in [2.24, 2.45) is 0 Å². The number of carbonyl (C=O) groups is 2. The van der Waals surface area contributed by atoms with Gasteiger partial charge in [-0.05, 0) is 19.9 Å². The van der Waals surface area contributed by atoms with E-state index in [9.17, 15) is 22.8 Å². The molecule has 0 aliphatic rings. The maximum absolute atomic E-state index is 11.9. The van der Waals surface area contributed by atoms with Gasteiger partial charge in [0.25, 0.3) is 5.91 Å². The summed E-state index contributed by atoms with van der Waals surface area (Å²) in [7, 11) is 0. The van der Waals surface area contributed by atoms with E-state index >= 15 is 0 Å². The van der Waals surface area contributed by atoms with Crippen LogP contribution in [0.1, 0.15) is 27.7 Å². The lowest BCUT2D eigenvalue weighted by molar-refractivity contribution is -0.136. The van der Waals surface area contributed by atoms with Crippen molar-refractivity contribution < 1.29 is 22.8 Å². The molecule has 19 heavy (non-hydrogen) atoms. The van der Waals surface area contributed by atoms with Gasteiger partial charge in [0.05, 0.1) is 5.57 Å². The van der Waals surface area contributed by atoms with E-state index in [4.69, 9.17) is 0 Å². The zero-order chi connectivity index (χ0) is 15.5. The first kappa shape index (κ1) is 19.5. The normalized spacial score (nSPS) is 10.8. The number of carbonyl (C=O) groups excluding carboxylic acids is 2. The Morgan fingerprint density at radius 1 is 1.21 bits per heavy atom. The van der Waals surface area contributed by atoms with Crippen molar-refractivity contribution in [3.63, 3.8) is 0 Å². The molecule has 2 N–H and O–H groups in total. The van der Waals surface area contributed by atoms with Crippen LogP contribution < -0.4 is 10.6 Å². The third kappa shape index (κ3) is 12.5. The van der Waals surface area contributed by atoms with Crippen LogP contribution in [-0.2, 0) is 9.59 Å². The van der Waals surface area contributed by atoms with Crippen LogP contribution in [0.15, 0.2) is 23.4 Å². The first-order chi connectivity index (χ1) is 8.76. The summed E-state index contributed by atoms with van der Waals surface area (Å²) in [6, 6.07) is 0. The van der Waals surface area contributed by atoms with Gasteiger partial charge in [-0.15, -0.1) is 0 Å². The minimum Gasteiger partial charge on any atom is -0.343 e. The summed E-state index contributed by atoms with van der Waals surface area (Å²) in [5.41, 5.74) is 0.660. The molecule has 0 fully saturated rings. The number of hydrogen-bond acceptors (Lipinski definition) is 2. The molecule has 0 aromatic carbocycles. The lowest BCUT2D eigenvalue weighted by Gasteiger charge is -2.09. The predicted molar refractivity (Wildman–Crippen MR) is 67.1 cm³/mol. The van der Waals surface area contributed by atoms with E-state index < -0.39 is 18.6 Å². The number of nitrogens with one attached hydrogen (secondary N) is 2. The predicted octanol–water partition coefficient (Wildman–Crippen LogP) is 2.29. The van der Waals surface area contributed by atoms with E-state index in [0.29, 0.717) is 12.0 Å². The van der Waals surface area contributed by atoms with Gasteiger partial charge in [-0.1, -0.05) is 19.4 Å². The quantitative estimate of drug-likeness (QED) is 0.461.